The molecule has 0 radical (unpaired) electrons. The van der Waals surface area contributed by atoms with E-state index in [0.717, 1.165) is 4.31 Å². The Morgan fingerprint density at radius 1 is 1.62 bits per heavy atom. The fourth-order valence-electron chi connectivity index (χ4n) is 0.156. The second-order valence-corrected chi connectivity index (χ2v) is 3.29. The molecule has 0 bridgehead atoms. The SMILES string of the molecule is [CH2-]N(C)S(=O)(=O)NC. The summed E-state index contributed by atoms with van der Waals surface area (Å²) < 4.78 is 23.8. The summed E-state index contributed by atoms with van der Waals surface area (Å²) in [5.41, 5.74) is 0. The zero-order chi connectivity index (χ0) is 6.78. The van der Waals surface area contributed by atoms with Gasteiger partial charge in [0.25, 0.3) is 10.2 Å². The third kappa shape index (κ3) is 1.77. The van der Waals surface area contributed by atoms with Crippen LogP contribution in [-0.4, -0.2) is 26.8 Å². The van der Waals surface area contributed by atoms with Crippen molar-refractivity contribution in [2.75, 3.05) is 14.1 Å². The van der Waals surface area contributed by atoms with Gasteiger partial charge in [-0.05, 0) is 7.05 Å². The molecule has 0 saturated carbocycles. The van der Waals surface area contributed by atoms with E-state index in [0.29, 0.717) is 0 Å². The van der Waals surface area contributed by atoms with Crippen molar-refractivity contribution in [3.8, 4) is 0 Å². The van der Waals surface area contributed by atoms with Crippen molar-refractivity contribution >= 4 is 10.2 Å². The summed E-state index contributed by atoms with van der Waals surface area (Å²) in [6.07, 6.45) is 0. The second kappa shape index (κ2) is 2.43. The number of nitrogens with zero attached hydrogens (tertiary/aromatic N) is 1. The van der Waals surface area contributed by atoms with E-state index >= 15 is 0 Å². The molecule has 0 fully saturated rings. The summed E-state index contributed by atoms with van der Waals surface area (Å²) in [6, 6.07) is 0. The van der Waals surface area contributed by atoms with Crippen LogP contribution < -0.4 is 4.72 Å². The Bertz CT molecular complexity index is 149. The molecule has 0 aliphatic heterocycles. The highest BCUT2D eigenvalue weighted by atomic mass is 32.2. The van der Waals surface area contributed by atoms with Gasteiger partial charge in [0.2, 0.25) is 0 Å². The average Bonchev–Trinajstić information content (AvgIpc) is 1.67. The predicted octanol–water partition coefficient (Wildman–Crippen LogP) is -0.826. The van der Waals surface area contributed by atoms with Crippen LogP contribution in [0.25, 0.3) is 0 Å². The molecule has 0 rings (SSSR count). The minimum absolute atomic E-state index is 0.854. The van der Waals surface area contributed by atoms with Crippen molar-refractivity contribution in [3.63, 3.8) is 0 Å². The first-order valence-electron chi connectivity index (χ1n) is 1.98. The Morgan fingerprint density at radius 3 is 2.00 bits per heavy atom. The van der Waals surface area contributed by atoms with E-state index in [1.165, 1.54) is 14.1 Å². The predicted molar refractivity (Wildman–Crippen MR) is 31.1 cm³/mol. The molecular formula is C3H9N2O2S-. The minimum Gasteiger partial charge on any atom is -0.344 e. The number of rotatable bonds is 2. The van der Waals surface area contributed by atoms with Crippen LogP contribution >= 0.6 is 0 Å². The molecular weight excluding hydrogens is 128 g/mol. The van der Waals surface area contributed by atoms with E-state index in [-0.39, 0.29) is 0 Å². The molecule has 0 aromatic rings. The largest absolute Gasteiger partial charge is 0.344 e. The number of hydrogen-bond acceptors (Lipinski definition) is 2. The number of nitrogens with one attached hydrogen (secondary N) is 1. The Labute approximate surface area is 49.7 Å². The molecule has 50 valence electrons. The van der Waals surface area contributed by atoms with Crippen molar-refractivity contribution in [2.24, 2.45) is 0 Å². The van der Waals surface area contributed by atoms with Crippen LogP contribution in [0, 0.1) is 7.05 Å². The van der Waals surface area contributed by atoms with Crippen molar-refractivity contribution in [1.82, 2.24) is 9.03 Å². The summed E-state index contributed by atoms with van der Waals surface area (Å²) in [5.74, 6) is 0. The lowest BCUT2D eigenvalue weighted by atomic mass is 11.3. The highest BCUT2D eigenvalue weighted by molar-refractivity contribution is 7.87. The third-order valence-electron chi connectivity index (χ3n) is 0.668. The fourth-order valence-corrected chi connectivity index (χ4v) is 0.468. The lowest BCUT2D eigenvalue weighted by Crippen LogP contribution is -2.31. The zero-order valence-corrected chi connectivity index (χ0v) is 5.70. The third-order valence-corrected chi connectivity index (χ3v) is 2.00. The first kappa shape index (κ1) is 7.87. The Kier molecular flexibility index (Phi) is 2.39. The maximum Gasteiger partial charge on any atom is 0.251 e. The van der Waals surface area contributed by atoms with Gasteiger partial charge in [0, 0.05) is 7.05 Å². The van der Waals surface area contributed by atoms with Crippen molar-refractivity contribution < 1.29 is 8.42 Å². The van der Waals surface area contributed by atoms with Gasteiger partial charge in [0.1, 0.15) is 0 Å². The topological polar surface area (TPSA) is 49.4 Å². The van der Waals surface area contributed by atoms with Gasteiger partial charge in [0.15, 0.2) is 0 Å². The van der Waals surface area contributed by atoms with E-state index in [2.05, 4.69) is 11.8 Å². The number of hydrogen-bond donors (Lipinski definition) is 1. The molecule has 5 heteroatoms. The van der Waals surface area contributed by atoms with E-state index in [9.17, 15) is 8.42 Å². The molecule has 1 N–H and O–H groups in total. The molecule has 0 aliphatic carbocycles. The van der Waals surface area contributed by atoms with Gasteiger partial charge in [0.05, 0.1) is 0 Å². The van der Waals surface area contributed by atoms with Gasteiger partial charge >= 0.3 is 0 Å². The Morgan fingerprint density at radius 2 is 2.00 bits per heavy atom. The fraction of sp³-hybridized carbons (Fsp3) is 0.667. The minimum atomic E-state index is -3.26. The standard InChI is InChI=1S/C3H9N2O2S/c1-4-8(6,7)5(2)3/h4H,2H2,1,3H3/q-1. The molecule has 0 aromatic carbocycles. The van der Waals surface area contributed by atoms with Gasteiger partial charge in [-0.1, -0.05) is 0 Å². The highest BCUT2D eigenvalue weighted by Gasteiger charge is 2.00. The molecule has 0 atom stereocenters. The molecule has 0 heterocycles. The van der Waals surface area contributed by atoms with Crippen molar-refractivity contribution in [3.05, 3.63) is 7.05 Å². The quantitative estimate of drug-likeness (QED) is 0.505. The van der Waals surface area contributed by atoms with Gasteiger partial charge in [-0.3, -0.25) is 7.05 Å². The molecule has 0 unspecified atom stereocenters. The maximum absolute atomic E-state index is 10.5. The maximum atomic E-state index is 10.5. The normalized spacial score (nSPS) is 12.5. The summed E-state index contributed by atoms with van der Waals surface area (Å²) in [6.45, 7) is 0. The van der Waals surface area contributed by atoms with Crippen LogP contribution in [0.5, 0.6) is 0 Å². The van der Waals surface area contributed by atoms with E-state index < -0.39 is 10.2 Å². The smallest absolute Gasteiger partial charge is 0.251 e. The monoisotopic (exact) mass is 137 g/mol. The first-order valence-corrected chi connectivity index (χ1v) is 3.42. The molecule has 0 aliphatic rings. The molecule has 8 heavy (non-hydrogen) atoms. The van der Waals surface area contributed by atoms with E-state index in [1.807, 2.05) is 0 Å². The molecule has 0 saturated heterocycles. The van der Waals surface area contributed by atoms with E-state index in [4.69, 9.17) is 0 Å². The van der Waals surface area contributed by atoms with Crippen LogP contribution in [-0.2, 0) is 10.2 Å². The summed E-state index contributed by atoms with van der Waals surface area (Å²) >= 11 is 0. The van der Waals surface area contributed by atoms with Crippen LogP contribution in [0.2, 0.25) is 0 Å². The lowest BCUT2D eigenvalue weighted by molar-refractivity contribution is 0.528. The average molecular weight is 137 g/mol. The van der Waals surface area contributed by atoms with Crippen LogP contribution in [0.1, 0.15) is 0 Å². The summed E-state index contributed by atoms with van der Waals surface area (Å²) in [7, 11) is 2.58. The van der Waals surface area contributed by atoms with Crippen LogP contribution in [0.4, 0.5) is 0 Å². The Balaban J connectivity index is 4.17. The second-order valence-electron chi connectivity index (χ2n) is 1.31. The van der Waals surface area contributed by atoms with E-state index in [1.54, 1.807) is 0 Å². The highest BCUT2D eigenvalue weighted by Crippen LogP contribution is 1.85. The lowest BCUT2D eigenvalue weighted by Gasteiger charge is -2.16. The molecule has 0 amide bonds. The van der Waals surface area contributed by atoms with Gasteiger partial charge < -0.3 is 4.31 Å². The van der Waals surface area contributed by atoms with Crippen molar-refractivity contribution in [2.45, 2.75) is 0 Å². The molecule has 0 spiro atoms. The summed E-state index contributed by atoms with van der Waals surface area (Å²) in [5, 5.41) is 0. The van der Waals surface area contributed by atoms with Gasteiger partial charge in [-0.15, -0.1) is 0 Å². The van der Waals surface area contributed by atoms with Crippen LogP contribution in [0.3, 0.4) is 0 Å². The summed E-state index contributed by atoms with van der Waals surface area (Å²) in [4.78, 5) is 0. The molecule has 4 nitrogen and oxygen atoms in total. The Hall–Kier alpha value is -0.130. The molecule has 0 aromatic heterocycles. The zero-order valence-electron chi connectivity index (χ0n) is 4.88. The first-order chi connectivity index (χ1) is 3.50. The van der Waals surface area contributed by atoms with Gasteiger partial charge in [-0.2, -0.15) is 8.42 Å². The van der Waals surface area contributed by atoms with Crippen LogP contribution in [0.15, 0.2) is 0 Å². The van der Waals surface area contributed by atoms with Crippen molar-refractivity contribution in [1.29, 1.82) is 0 Å². The van der Waals surface area contributed by atoms with Gasteiger partial charge in [-0.25, -0.2) is 4.72 Å².